The molecule has 0 radical (unpaired) electrons. The van der Waals surface area contributed by atoms with Crippen molar-refractivity contribution >= 4 is 9.84 Å². The molecular weight excluding hydrogens is 308 g/mol. The SMILES string of the molecule is CC(c1ccc(S(=O)(=O)c2ccccc2)cc1)N1CCNCC1. The van der Waals surface area contributed by atoms with E-state index in [1.54, 1.807) is 36.4 Å². The Morgan fingerprint density at radius 1 is 0.913 bits per heavy atom. The molecular formula is C18H22N2O2S. The number of nitrogens with zero attached hydrogens (tertiary/aromatic N) is 1. The third-order valence-corrected chi connectivity index (χ3v) is 6.21. The molecule has 2 aromatic rings. The Balaban J connectivity index is 1.82. The largest absolute Gasteiger partial charge is 0.314 e. The molecule has 1 heterocycles. The van der Waals surface area contributed by atoms with Crippen molar-refractivity contribution in [2.24, 2.45) is 0 Å². The summed E-state index contributed by atoms with van der Waals surface area (Å²) in [6, 6.07) is 16.2. The van der Waals surface area contributed by atoms with E-state index in [4.69, 9.17) is 0 Å². The highest BCUT2D eigenvalue weighted by Gasteiger charge is 2.20. The normalized spacial score (nSPS) is 17.8. The average molecular weight is 330 g/mol. The van der Waals surface area contributed by atoms with Crippen molar-refractivity contribution in [2.75, 3.05) is 26.2 Å². The van der Waals surface area contributed by atoms with Crippen LogP contribution in [0.4, 0.5) is 0 Å². The number of hydrogen-bond donors (Lipinski definition) is 1. The number of hydrogen-bond acceptors (Lipinski definition) is 4. The van der Waals surface area contributed by atoms with Crippen LogP contribution in [0.1, 0.15) is 18.5 Å². The monoisotopic (exact) mass is 330 g/mol. The molecule has 0 bridgehead atoms. The molecule has 5 heteroatoms. The number of sulfone groups is 1. The molecule has 1 atom stereocenters. The van der Waals surface area contributed by atoms with Crippen molar-refractivity contribution in [2.45, 2.75) is 22.8 Å². The summed E-state index contributed by atoms with van der Waals surface area (Å²) in [7, 11) is -3.43. The number of rotatable bonds is 4. The van der Waals surface area contributed by atoms with Crippen LogP contribution in [0.25, 0.3) is 0 Å². The standard InChI is InChI=1S/C18H22N2O2S/c1-15(20-13-11-19-12-14-20)16-7-9-18(10-8-16)23(21,22)17-5-3-2-4-6-17/h2-10,15,19H,11-14H2,1H3. The molecule has 3 rings (SSSR count). The van der Waals surface area contributed by atoms with Crippen molar-refractivity contribution in [3.63, 3.8) is 0 Å². The van der Waals surface area contributed by atoms with Crippen LogP contribution in [0, 0.1) is 0 Å². The summed E-state index contributed by atoms with van der Waals surface area (Å²) < 4.78 is 25.2. The molecule has 0 aliphatic carbocycles. The first-order valence-electron chi connectivity index (χ1n) is 7.94. The molecule has 0 amide bonds. The highest BCUT2D eigenvalue weighted by Crippen LogP contribution is 2.25. The van der Waals surface area contributed by atoms with Crippen molar-refractivity contribution in [3.8, 4) is 0 Å². The molecule has 122 valence electrons. The van der Waals surface area contributed by atoms with Crippen LogP contribution in [0.15, 0.2) is 64.4 Å². The van der Waals surface area contributed by atoms with E-state index in [2.05, 4.69) is 17.1 Å². The molecule has 0 saturated carbocycles. The van der Waals surface area contributed by atoms with Gasteiger partial charge in [-0.25, -0.2) is 8.42 Å². The van der Waals surface area contributed by atoms with Gasteiger partial charge in [0.25, 0.3) is 0 Å². The molecule has 2 aromatic carbocycles. The van der Waals surface area contributed by atoms with Gasteiger partial charge in [-0.05, 0) is 36.8 Å². The molecule has 4 nitrogen and oxygen atoms in total. The second-order valence-corrected chi connectivity index (χ2v) is 7.80. The van der Waals surface area contributed by atoms with E-state index in [0.717, 1.165) is 31.7 Å². The maximum Gasteiger partial charge on any atom is 0.206 e. The van der Waals surface area contributed by atoms with Gasteiger partial charge in [-0.15, -0.1) is 0 Å². The first-order chi connectivity index (χ1) is 11.1. The minimum absolute atomic E-state index is 0.297. The van der Waals surface area contributed by atoms with Crippen LogP contribution in [-0.4, -0.2) is 39.5 Å². The van der Waals surface area contributed by atoms with Crippen LogP contribution in [0.2, 0.25) is 0 Å². The summed E-state index contributed by atoms with van der Waals surface area (Å²) in [6.07, 6.45) is 0. The molecule has 1 saturated heterocycles. The molecule has 1 aliphatic rings. The lowest BCUT2D eigenvalue weighted by atomic mass is 10.1. The summed E-state index contributed by atoms with van der Waals surface area (Å²) in [5.41, 5.74) is 1.15. The number of nitrogens with one attached hydrogen (secondary N) is 1. The highest BCUT2D eigenvalue weighted by molar-refractivity contribution is 7.91. The summed E-state index contributed by atoms with van der Waals surface area (Å²) in [4.78, 5) is 3.10. The van der Waals surface area contributed by atoms with E-state index in [1.807, 2.05) is 18.2 Å². The smallest absolute Gasteiger partial charge is 0.206 e. The minimum atomic E-state index is -3.43. The maximum absolute atomic E-state index is 12.6. The van der Waals surface area contributed by atoms with E-state index < -0.39 is 9.84 Å². The van der Waals surface area contributed by atoms with E-state index in [-0.39, 0.29) is 0 Å². The maximum atomic E-state index is 12.6. The first kappa shape index (κ1) is 16.2. The zero-order valence-electron chi connectivity index (χ0n) is 13.3. The van der Waals surface area contributed by atoms with E-state index in [9.17, 15) is 8.42 Å². The Morgan fingerprint density at radius 3 is 2.09 bits per heavy atom. The van der Waals surface area contributed by atoms with Crippen LogP contribution in [0.3, 0.4) is 0 Å². The second kappa shape index (κ2) is 6.83. The average Bonchev–Trinajstić information content (AvgIpc) is 2.63. The van der Waals surface area contributed by atoms with Gasteiger partial charge < -0.3 is 5.32 Å². The van der Waals surface area contributed by atoms with E-state index >= 15 is 0 Å². The zero-order valence-corrected chi connectivity index (χ0v) is 14.1. The minimum Gasteiger partial charge on any atom is -0.314 e. The van der Waals surface area contributed by atoms with Crippen molar-refractivity contribution in [1.82, 2.24) is 10.2 Å². The third-order valence-electron chi connectivity index (χ3n) is 4.43. The summed E-state index contributed by atoms with van der Waals surface area (Å²) in [5, 5.41) is 3.35. The number of benzene rings is 2. The third kappa shape index (κ3) is 3.47. The summed E-state index contributed by atoms with van der Waals surface area (Å²) in [6.45, 7) is 6.22. The Hall–Kier alpha value is -1.69. The van der Waals surface area contributed by atoms with Gasteiger partial charge in [0.15, 0.2) is 0 Å². The first-order valence-corrected chi connectivity index (χ1v) is 9.42. The molecule has 1 unspecified atom stereocenters. The molecule has 23 heavy (non-hydrogen) atoms. The second-order valence-electron chi connectivity index (χ2n) is 5.85. The molecule has 0 spiro atoms. The quantitative estimate of drug-likeness (QED) is 0.936. The predicted octanol–water partition coefficient (Wildman–Crippen LogP) is 2.49. The summed E-state index contributed by atoms with van der Waals surface area (Å²) >= 11 is 0. The van der Waals surface area contributed by atoms with E-state index in [0.29, 0.717) is 15.8 Å². The summed E-state index contributed by atoms with van der Waals surface area (Å²) in [5.74, 6) is 0. The molecule has 1 N–H and O–H groups in total. The van der Waals surface area contributed by atoms with Gasteiger partial charge in [0.05, 0.1) is 9.79 Å². The molecule has 1 aliphatic heterocycles. The van der Waals surface area contributed by atoms with Crippen LogP contribution < -0.4 is 5.32 Å². The van der Waals surface area contributed by atoms with Crippen molar-refractivity contribution < 1.29 is 8.42 Å². The van der Waals surface area contributed by atoms with E-state index in [1.165, 1.54) is 0 Å². The van der Waals surface area contributed by atoms with Gasteiger partial charge in [-0.2, -0.15) is 0 Å². The topological polar surface area (TPSA) is 49.4 Å². The van der Waals surface area contributed by atoms with Gasteiger partial charge in [-0.3, -0.25) is 4.90 Å². The van der Waals surface area contributed by atoms with Crippen molar-refractivity contribution in [3.05, 3.63) is 60.2 Å². The van der Waals surface area contributed by atoms with Gasteiger partial charge in [0.2, 0.25) is 9.84 Å². The fourth-order valence-corrected chi connectivity index (χ4v) is 4.22. The Labute approximate surface area is 138 Å². The van der Waals surface area contributed by atoms with Crippen LogP contribution >= 0.6 is 0 Å². The molecule has 0 aromatic heterocycles. The lowest BCUT2D eigenvalue weighted by Crippen LogP contribution is -2.44. The fraction of sp³-hybridized carbons (Fsp3) is 0.333. The lowest BCUT2D eigenvalue weighted by molar-refractivity contribution is 0.185. The van der Waals surface area contributed by atoms with Crippen LogP contribution in [-0.2, 0) is 9.84 Å². The Bertz CT molecular complexity index is 736. The van der Waals surface area contributed by atoms with Crippen LogP contribution in [0.5, 0.6) is 0 Å². The zero-order chi connectivity index (χ0) is 16.3. The fourth-order valence-electron chi connectivity index (χ4n) is 2.94. The van der Waals surface area contributed by atoms with Gasteiger partial charge >= 0.3 is 0 Å². The van der Waals surface area contributed by atoms with Gasteiger partial charge in [-0.1, -0.05) is 30.3 Å². The van der Waals surface area contributed by atoms with Gasteiger partial charge in [0.1, 0.15) is 0 Å². The number of piperazine rings is 1. The predicted molar refractivity (Wildman–Crippen MR) is 91.2 cm³/mol. The van der Waals surface area contributed by atoms with Gasteiger partial charge in [0, 0.05) is 32.2 Å². The lowest BCUT2D eigenvalue weighted by Gasteiger charge is -2.33. The molecule has 1 fully saturated rings. The highest BCUT2D eigenvalue weighted by atomic mass is 32.2. The Kier molecular flexibility index (Phi) is 4.80. The van der Waals surface area contributed by atoms with Crippen molar-refractivity contribution in [1.29, 1.82) is 0 Å². The Morgan fingerprint density at radius 2 is 1.48 bits per heavy atom.